The summed E-state index contributed by atoms with van der Waals surface area (Å²) in [6.07, 6.45) is -7.58. The zero-order valence-electron chi connectivity index (χ0n) is 23.5. The Balaban J connectivity index is 3.87. The maximum atomic E-state index is 12.9. The number of hydrogen-bond donors (Lipinski definition) is 1. The third-order valence-corrected chi connectivity index (χ3v) is 5.17. The number of ether oxygens (including phenoxy) is 8. The predicted molar refractivity (Wildman–Crippen MR) is 128 cm³/mol. The molecule has 6 atom stereocenters. The van der Waals surface area contributed by atoms with Crippen LogP contribution in [-0.2, 0) is 76.3 Å². The molecule has 0 aliphatic carbocycles. The maximum absolute atomic E-state index is 12.9. The second kappa shape index (κ2) is 15.5. The summed E-state index contributed by atoms with van der Waals surface area (Å²) in [7, 11) is 0.936. The molecule has 1 amide bonds. The van der Waals surface area contributed by atoms with Crippen molar-refractivity contribution in [3.8, 4) is 0 Å². The number of carbonyl (C=O) groups is 8. The van der Waals surface area contributed by atoms with Gasteiger partial charge in [-0.05, 0) is 0 Å². The molecule has 0 aromatic heterocycles. The summed E-state index contributed by atoms with van der Waals surface area (Å²) in [6, 6.07) is -1.55. The highest BCUT2D eigenvalue weighted by Gasteiger charge is 2.60. The SMILES string of the molecule is COC(=O)[C@]1(OC(C)=O)C[C@H](OC(C)=O)[C@@H](NC(=O)COC(C)=O)[C@H]([C@H](OC(C)=O)[C@@H](COC(C)=O)OC(C)=O)O1. The van der Waals surface area contributed by atoms with E-state index in [1.807, 2.05) is 0 Å². The van der Waals surface area contributed by atoms with Crippen molar-refractivity contribution in [2.75, 3.05) is 20.3 Å². The third-order valence-electron chi connectivity index (χ3n) is 5.17. The molecule has 0 bridgehead atoms. The van der Waals surface area contributed by atoms with Crippen molar-refractivity contribution >= 4 is 47.7 Å². The van der Waals surface area contributed by atoms with Crippen molar-refractivity contribution < 1.29 is 76.3 Å². The third kappa shape index (κ3) is 11.0. The largest absolute Gasteiger partial charge is 0.464 e. The van der Waals surface area contributed by atoms with Gasteiger partial charge in [0.15, 0.2) is 18.8 Å². The second-order valence-electron chi connectivity index (χ2n) is 8.67. The molecule has 0 aromatic rings. The number of methoxy groups -OCH3 is 1. The first kappa shape index (κ1) is 34.7. The van der Waals surface area contributed by atoms with Gasteiger partial charge < -0.3 is 43.2 Å². The lowest BCUT2D eigenvalue weighted by Crippen LogP contribution is -2.69. The summed E-state index contributed by atoms with van der Waals surface area (Å²) in [5, 5.41) is 2.40. The lowest BCUT2D eigenvalue weighted by Gasteiger charge is -2.48. The molecule has 1 N–H and O–H groups in total. The summed E-state index contributed by atoms with van der Waals surface area (Å²) in [5.41, 5.74) is 0. The van der Waals surface area contributed by atoms with E-state index in [-0.39, 0.29) is 0 Å². The van der Waals surface area contributed by atoms with Crippen LogP contribution < -0.4 is 5.32 Å². The molecule has 1 aliphatic heterocycles. The molecule has 1 rings (SSSR count). The molecular weight excluding hydrogens is 558 g/mol. The fourth-order valence-corrected chi connectivity index (χ4v) is 3.90. The number of esters is 7. The molecule has 1 aliphatic rings. The molecule has 17 nitrogen and oxygen atoms in total. The Morgan fingerprint density at radius 2 is 1.39 bits per heavy atom. The highest BCUT2D eigenvalue weighted by Crippen LogP contribution is 2.37. The zero-order chi connectivity index (χ0) is 31.5. The number of hydrogen-bond acceptors (Lipinski definition) is 16. The van der Waals surface area contributed by atoms with Crippen LogP contribution in [0.15, 0.2) is 0 Å². The van der Waals surface area contributed by atoms with Gasteiger partial charge in [0.25, 0.3) is 5.91 Å². The molecule has 41 heavy (non-hydrogen) atoms. The van der Waals surface area contributed by atoms with Crippen molar-refractivity contribution in [2.45, 2.75) is 84.2 Å². The highest BCUT2D eigenvalue weighted by molar-refractivity contribution is 5.83. The van der Waals surface area contributed by atoms with E-state index in [1.165, 1.54) is 0 Å². The van der Waals surface area contributed by atoms with Gasteiger partial charge in [-0.3, -0.25) is 33.6 Å². The van der Waals surface area contributed by atoms with Crippen LogP contribution >= 0.6 is 0 Å². The van der Waals surface area contributed by atoms with E-state index in [9.17, 15) is 38.4 Å². The molecule has 1 saturated heterocycles. The topological polar surface area (TPSA) is 222 Å². The zero-order valence-corrected chi connectivity index (χ0v) is 23.5. The maximum Gasteiger partial charge on any atom is 0.379 e. The Bertz CT molecular complexity index is 1040. The van der Waals surface area contributed by atoms with E-state index in [4.69, 9.17) is 33.2 Å². The molecule has 0 radical (unpaired) electrons. The minimum Gasteiger partial charge on any atom is -0.464 e. The first-order valence-electron chi connectivity index (χ1n) is 12.0. The number of nitrogens with one attached hydrogen (secondary N) is 1. The van der Waals surface area contributed by atoms with Gasteiger partial charge in [-0.2, -0.15) is 0 Å². The average molecular weight is 592 g/mol. The first-order chi connectivity index (χ1) is 19.0. The molecule has 1 heterocycles. The summed E-state index contributed by atoms with van der Waals surface area (Å²) in [5.74, 6) is -10.4. The van der Waals surface area contributed by atoms with E-state index in [1.54, 1.807) is 0 Å². The molecule has 17 heteroatoms. The Labute approximate surface area is 234 Å². The van der Waals surface area contributed by atoms with Gasteiger partial charge in [0.05, 0.1) is 19.6 Å². The minimum atomic E-state index is -2.64. The van der Waals surface area contributed by atoms with E-state index in [0.717, 1.165) is 48.7 Å². The molecule has 0 aromatic carbocycles. The summed E-state index contributed by atoms with van der Waals surface area (Å²) in [4.78, 5) is 96.6. The molecule has 0 spiro atoms. The second-order valence-corrected chi connectivity index (χ2v) is 8.67. The van der Waals surface area contributed by atoms with E-state index in [2.05, 4.69) is 10.1 Å². The van der Waals surface area contributed by atoms with E-state index >= 15 is 0 Å². The summed E-state index contributed by atoms with van der Waals surface area (Å²) >= 11 is 0. The van der Waals surface area contributed by atoms with E-state index < -0.39 is 104 Å². The molecular formula is C24H33NO16. The first-order valence-corrected chi connectivity index (χ1v) is 12.0. The monoisotopic (exact) mass is 591 g/mol. The molecule has 0 unspecified atom stereocenters. The van der Waals surface area contributed by atoms with Crippen LogP contribution in [0.5, 0.6) is 0 Å². The van der Waals surface area contributed by atoms with Crippen molar-refractivity contribution in [1.82, 2.24) is 5.32 Å². The van der Waals surface area contributed by atoms with Crippen LogP contribution in [0.3, 0.4) is 0 Å². The standard InChI is InChI=1S/C24H33NO16/c1-11(26)35-9-18(38-14(4)29)21(39-15(5)30)22-20(25-19(32)10-36-12(2)27)17(37-13(3)28)8-24(41-22,23(33)34-7)40-16(6)31/h17-18,20-22H,8-10H2,1-7H3,(H,25,32)/t17-,18+,20+,21+,22+,24-/m0/s1. The predicted octanol–water partition coefficient (Wildman–Crippen LogP) is -1.39. The summed E-state index contributed by atoms with van der Waals surface area (Å²) < 4.78 is 41.3. The van der Waals surface area contributed by atoms with Crippen molar-refractivity contribution in [2.24, 2.45) is 0 Å². The van der Waals surface area contributed by atoms with Gasteiger partial charge in [-0.1, -0.05) is 0 Å². The Hall–Kier alpha value is -4.28. The minimum absolute atomic E-state index is 0.710. The fourth-order valence-electron chi connectivity index (χ4n) is 3.90. The van der Waals surface area contributed by atoms with Gasteiger partial charge >= 0.3 is 47.6 Å². The van der Waals surface area contributed by atoms with Crippen LogP contribution in [-0.4, -0.2) is 104 Å². The number of amides is 1. The van der Waals surface area contributed by atoms with Crippen molar-refractivity contribution in [1.29, 1.82) is 0 Å². The van der Waals surface area contributed by atoms with Crippen LogP contribution in [0.25, 0.3) is 0 Å². The normalized spacial score (nSPS) is 23.0. The van der Waals surface area contributed by atoms with E-state index in [0.29, 0.717) is 0 Å². The molecule has 230 valence electrons. The summed E-state index contributed by atoms with van der Waals surface area (Å²) in [6.45, 7) is 4.45. The molecule has 1 fully saturated rings. The highest BCUT2D eigenvalue weighted by atomic mass is 16.8. The smallest absolute Gasteiger partial charge is 0.379 e. The number of rotatable bonds is 12. The van der Waals surface area contributed by atoms with Crippen LogP contribution in [0.2, 0.25) is 0 Å². The van der Waals surface area contributed by atoms with Gasteiger partial charge in [0.1, 0.15) is 18.8 Å². The fraction of sp³-hybridized carbons (Fsp3) is 0.667. The van der Waals surface area contributed by atoms with Crippen LogP contribution in [0, 0.1) is 0 Å². The quantitative estimate of drug-likeness (QED) is 0.204. The Morgan fingerprint density at radius 1 is 0.805 bits per heavy atom. The Kier molecular flexibility index (Phi) is 13.1. The van der Waals surface area contributed by atoms with Crippen molar-refractivity contribution in [3.63, 3.8) is 0 Å². The van der Waals surface area contributed by atoms with Crippen LogP contribution in [0.1, 0.15) is 48.0 Å². The average Bonchev–Trinajstić information content (AvgIpc) is 2.83. The molecule has 0 saturated carbocycles. The lowest BCUT2D eigenvalue weighted by molar-refractivity contribution is -0.304. The van der Waals surface area contributed by atoms with Gasteiger partial charge in [-0.15, -0.1) is 0 Å². The van der Waals surface area contributed by atoms with Gasteiger partial charge in [-0.25, -0.2) is 4.79 Å². The Morgan fingerprint density at radius 3 is 1.85 bits per heavy atom. The lowest BCUT2D eigenvalue weighted by atomic mass is 9.88. The number of carbonyl (C=O) groups excluding carboxylic acids is 8. The van der Waals surface area contributed by atoms with Crippen molar-refractivity contribution in [3.05, 3.63) is 0 Å². The van der Waals surface area contributed by atoms with Gasteiger partial charge in [0, 0.05) is 41.5 Å². The van der Waals surface area contributed by atoms with Crippen LogP contribution in [0.4, 0.5) is 0 Å². The van der Waals surface area contributed by atoms with Gasteiger partial charge in [0.2, 0.25) is 0 Å².